The Balaban J connectivity index is 2.08. The number of hydrogen-bond donors (Lipinski definition) is 5. The van der Waals surface area contributed by atoms with Crippen LogP contribution in [-0.2, 0) is 11.3 Å². The summed E-state index contributed by atoms with van der Waals surface area (Å²) in [6, 6.07) is 11.6. The SMILES string of the molecule is O=S(O)Nc1cccc(NC(=S)Nc2ccc(Cl)cc2)c1O. The molecule has 1 atom stereocenters. The first-order valence-corrected chi connectivity index (χ1v) is 7.88. The number of para-hydroxylation sites is 1. The summed E-state index contributed by atoms with van der Waals surface area (Å²) in [7, 11) is 0. The van der Waals surface area contributed by atoms with Crippen molar-refractivity contribution in [3.8, 4) is 5.75 Å². The number of phenolic OH excluding ortho intramolecular Hbond substituents is 1. The maximum atomic E-state index is 10.7. The monoisotopic (exact) mass is 357 g/mol. The Morgan fingerprint density at radius 3 is 2.36 bits per heavy atom. The molecule has 1 unspecified atom stereocenters. The van der Waals surface area contributed by atoms with Crippen LogP contribution in [0.4, 0.5) is 17.1 Å². The van der Waals surface area contributed by atoms with Crippen molar-refractivity contribution >= 4 is 57.3 Å². The van der Waals surface area contributed by atoms with Crippen molar-refractivity contribution in [1.29, 1.82) is 0 Å². The van der Waals surface area contributed by atoms with E-state index in [1.54, 1.807) is 36.4 Å². The van der Waals surface area contributed by atoms with Crippen LogP contribution in [-0.4, -0.2) is 19.0 Å². The number of nitrogens with one attached hydrogen (secondary N) is 3. The van der Waals surface area contributed by atoms with E-state index in [2.05, 4.69) is 15.4 Å². The molecule has 9 heteroatoms. The molecule has 5 N–H and O–H groups in total. The molecule has 0 spiro atoms. The summed E-state index contributed by atoms with van der Waals surface area (Å²) in [4.78, 5) is 0. The zero-order valence-electron chi connectivity index (χ0n) is 11.0. The first-order valence-electron chi connectivity index (χ1n) is 5.99. The number of anilines is 3. The van der Waals surface area contributed by atoms with E-state index >= 15 is 0 Å². The van der Waals surface area contributed by atoms with Gasteiger partial charge in [0.05, 0.1) is 11.4 Å². The highest BCUT2D eigenvalue weighted by Gasteiger charge is 2.09. The Kier molecular flexibility index (Phi) is 5.56. The minimum atomic E-state index is -2.28. The van der Waals surface area contributed by atoms with Gasteiger partial charge in [0, 0.05) is 10.7 Å². The lowest BCUT2D eigenvalue weighted by molar-refractivity contribution is 0.480. The summed E-state index contributed by atoms with van der Waals surface area (Å²) in [5.41, 5.74) is 1.13. The molecule has 0 radical (unpaired) electrons. The molecule has 116 valence electrons. The second kappa shape index (κ2) is 7.41. The summed E-state index contributed by atoms with van der Waals surface area (Å²) < 4.78 is 21.7. The van der Waals surface area contributed by atoms with E-state index in [1.165, 1.54) is 6.07 Å². The summed E-state index contributed by atoms with van der Waals surface area (Å²) in [6.07, 6.45) is 0. The van der Waals surface area contributed by atoms with Crippen molar-refractivity contribution in [2.24, 2.45) is 0 Å². The highest BCUT2D eigenvalue weighted by molar-refractivity contribution is 7.81. The minimum Gasteiger partial charge on any atom is -0.504 e. The van der Waals surface area contributed by atoms with Crippen LogP contribution in [0.15, 0.2) is 42.5 Å². The van der Waals surface area contributed by atoms with E-state index in [4.69, 9.17) is 28.4 Å². The molecule has 0 saturated heterocycles. The molecule has 0 fully saturated rings. The summed E-state index contributed by atoms with van der Waals surface area (Å²) in [5, 5.41) is 16.6. The highest BCUT2D eigenvalue weighted by atomic mass is 35.5. The predicted octanol–water partition coefficient (Wildman–Crippen LogP) is 3.40. The van der Waals surface area contributed by atoms with Crippen LogP contribution in [0.5, 0.6) is 5.75 Å². The van der Waals surface area contributed by atoms with E-state index in [0.717, 1.165) is 5.69 Å². The van der Waals surface area contributed by atoms with E-state index in [-0.39, 0.29) is 16.5 Å². The molecule has 0 bridgehead atoms. The van der Waals surface area contributed by atoms with Crippen molar-refractivity contribution in [2.75, 3.05) is 15.4 Å². The average molecular weight is 358 g/mol. The minimum absolute atomic E-state index is 0.111. The normalized spacial score (nSPS) is 11.5. The van der Waals surface area contributed by atoms with Gasteiger partial charge in [-0.2, -0.15) is 0 Å². The summed E-state index contributed by atoms with van der Waals surface area (Å²) in [6.45, 7) is 0. The molecule has 2 aromatic rings. The van der Waals surface area contributed by atoms with E-state index in [0.29, 0.717) is 10.7 Å². The lowest BCUT2D eigenvalue weighted by Crippen LogP contribution is -2.19. The van der Waals surface area contributed by atoms with Crippen LogP contribution < -0.4 is 15.4 Å². The molecule has 2 aromatic carbocycles. The Morgan fingerprint density at radius 1 is 1.09 bits per heavy atom. The van der Waals surface area contributed by atoms with E-state index < -0.39 is 11.3 Å². The van der Waals surface area contributed by atoms with Crippen LogP contribution in [0.3, 0.4) is 0 Å². The van der Waals surface area contributed by atoms with Crippen LogP contribution in [0.1, 0.15) is 0 Å². The van der Waals surface area contributed by atoms with Gasteiger partial charge in [-0.25, -0.2) is 4.21 Å². The van der Waals surface area contributed by atoms with Gasteiger partial charge in [0.1, 0.15) is 0 Å². The third-order valence-electron chi connectivity index (χ3n) is 2.58. The quantitative estimate of drug-likeness (QED) is 0.327. The Morgan fingerprint density at radius 2 is 1.73 bits per heavy atom. The first kappa shape index (κ1) is 16.5. The Hall–Kier alpha value is -1.87. The van der Waals surface area contributed by atoms with Gasteiger partial charge in [0.2, 0.25) is 0 Å². The lowest BCUT2D eigenvalue weighted by Gasteiger charge is -2.13. The zero-order chi connectivity index (χ0) is 16.1. The van der Waals surface area contributed by atoms with Crippen molar-refractivity contribution < 1.29 is 13.9 Å². The van der Waals surface area contributed by atoms with E-state index in [9.17, 15) is 9.32 Å². The van der Waals surface area contributed by atoms with Crippen LogP contribution in [0.25, 0.3) is 0 Å². The molecule has 2 rings (SSSR count). The third kappa shape index (κ3) is 4.57. The average Bonchev–Trinajstić information content (AvgIpc) is 2.45. The van der Waals surface area contributed by atoms with Gasteiger partial charge in [0.15, 0.2) is 10.9 Å². The molecule has 0 aliphatic carbocycles. The van der Waals surface area contributed by atoms with Crippen LogP contribution >= 0.6 is 23.8 Å². The summed E-state index contributed by atoms with van der Waals surface area (Å²) in [5.74, 6) is -0.217. The fourth-order valence-corrected chi connectivity index (χ4v) is 2.35. The van der Waals surface area contributed by atoms with Gasteiger partial charge in [0.25, 0.3) is 11.3 Å². The maximum absolute atomic E-state index is 10.7. The van der Waals surface area contributed by atoms with Gasteiger partial charge in [-0.15, -0.1) is 0 Å². The molecule has 0 saturated carbocycles. The van der Waals surface area contributed by atoms with Crippen LogP contribution in [0, 0.1) is 0 Å². The Bertz CT molecular complexity index is 710. The standard InChI is InChI=1S/C13H12ClN3O3S2/c14-8-4-6-9(7-5-8)15-13(21)16-10-2-1-3-11(12(10)18)17-22(19)20/h1-7,17-18H,(H,19,20)(H2,15,16,21). The second-order valence-corrected chi connectivity index (χ2v) is 5.69. The molecule has 0 heterocycles. The van der Waals surface area contributed by atoms with E-state index in [1.807, 2.05) is 0 Å². The smallest absolute Gasteiger partial charge is 0.259 e. The number of rotatable bonds is 4. The predicted molar refractivity (Wildman–Crippen MR) is 93.8 cm³/mol. The molecule has 0 amide bonds. The molecular formula is C13H12ClN3O3S2. The third-order valence-corrected chi connectivity index (χ3v) is 3.43. The Labute approximate surface area is 139 Å². The topological polar surface area (TPSA) is 93.6 Å². The summed E-state index contributed by atoms with van der Waals surface area (Å²) >= 11 is 8.66. The van der Waals surface area contributed by atoms with Gasteiger partial charge in [-0.05, 0) is 48.6 Å². The highest BCUT2D eigenvalue weighted by Crippen LogP contribution is 2.32. The second-order valence-electron chi connectivity index (χ2n) is 4.14. The number of halogens is 1. The zero-order valence-corrected chi connectivity index (χ0v) is 13.4. The largest absolute Gasteiger partial charge is 0.504 e. The van der Waals surface area contributed by atoms with Crippen molar-refractivity contribution in [1.82, 2.24) is 0 Å². The van der Waals surface area contributed by atoms with Gasteiger partial charge >= 0.3 is 0 Å². The molecule has 6 nitrogen and oxygen atoms in total. The van der Waals surface area contributed by atoms with Crippen molar-refractivity contribution in [3.63, 3.8) is 0 Å². The van der Waals surface area contributed by atoms with Gasteiger partial charge < -0.3 is 15.7 Å². The number of hydrogen-bond acceptors (Lipinski definition) is 3. The number of thiocarbonyl (C=S) groups is 1. The van der Waals surface area contributed by atoms with Crippen LogP contribution in [0.2, 0.25) is 5.02 Å². The number of aromatic hydroxyl groups is 1. The van der Waals surface area contributed by atoms with Gasteiger partial charge in [-0.1, -0.05) is 17.7 Å². The van der Waals surface area contributed by atoms with Gasteiger partial charge in [-0.3, -0.25) is 9.27 Å². The maximum Gasteiger partial charge on any atom is 0.259 e. The van der Waals surface area contributed by atoms with Crippen molar-refractivity contribution in [3.05, 3.63) is 47.5 Å². The molecule has 0 aliphatic rings. The fourth-order valence-electron chi connectivity index (χ4n) is 1.64. The van der Waals surface area contributed by atoms with Crippen molar-refractivity contribution in [2.45, 2.75) is 0 Å². The molecule has 0 aliphatic heterocycles. The number of benzene rings is 2. The fraction of sp³-hybridized carbons (Fsp3) is 0. The molecular weight excluding hydrogens is 346 g/mol. The molecule has 22 heavy (non-hydrogen) atoms. The first-order chi connectivity index (χ1) is 10.5. The number of phenols is 1. The lowest BCUT2D eigenvalue weighted by atomic mass is 10.2. The molecule has 0 aromatic heterocycles.